The topological polar surface area (TPSA) is 15.3 Å². The van der Waals surface area contributed by atoms with E-state index >= 15 is 0 Å². The van der Waals surface area contributed by atoms with Crippen LogP contribution in [0.15, 0.2) is 42.5 Å². The van der Waals surface area contributed by atoms with E-state index in [1.807, 2.05) is 7.05 Å². The van der Waals surface area contributed by atoms with Crippen molar-refractivity contribution in [3.05, 3.63) is 59.2 Å². The smallest absolute Gasteiger partial charge is 0.0365 e. The van der Waals surface area contributed by atoms with Crippen molar-refractivity contribution >= 4 is 11.4 Å². The van der Waals surface area contributed by atoms with Crippen molar-refractivity contribution in [3.63, 3.8) is 0 Å². The van der Waals surface area contributed by atoms with Crippen LogP contribution in [-0.4, -0.2) is 20.6 Å². The highest BCUT2D eigenvalue weighted by Gasteiger charge is 2.04. The molecule has 2 heteroatoms. The third-order valence-electron chi connectivity index (χ3n) is 3.82. The van der Waals surface area contributed by atoms with Gasteiger partial charge in [-0.3, -0.25) is 0 Å². The normalized spacial score (nSPS) is 10.4. The van der Waals surface area contributed by atoms with Gasteiger partial charge in [-0.15, -0.1) is 0 Å². The lowest BCUT2D eigenvalue weighted by Gasteiger charge is -2.20. The van der Waals surface area contributed by atoms with Gasteiger partial charge < -0.3 is 10.2 Å². The Labute approximate surface area is 122 Å². The number of aryl methyl sites for hydroxylation is 2. The van der Waals surface area contributed by atoms with E-state index in [1.54, 1.807) is 0 Å². The van der Waals surface area contributed by atoms with E-state index in [-0.39, 0.29) is 0 Å². The first-order valence-electron chi connectivity index (χ1n) is 7.15. The van der Waals surface area contributed by atoms with Crippen molar-refractivity contribution in [2.24, 2.45) is 0 Å². The van der Waals surface area contributed by atoms with Crippen molar-refractivity contribution < 1.29 is 0 Å². The lowest BCUT2D eigenvalue weighted by Crippen LogP contribution is -2.20. The predicted molar refractivity (Wildman–Crippen MR) is 88.9 cm³/mol. The minimum absolute atomic E-state index is 1.03. The molecule has 2 rings (SSSR count). The standard InChI is InChI=1S/C18H24N2/c1-14-5-6-15(2)16(13-14)11-12-20(4)18-9-7-17(19-3)8-10-18/h5-10,13,19H,11-12H2,1-4H3. The molecular weight excluding hydrogens is 244 g/mol. The van der Waals surface area contributed by atoms with Crippen molar-refractivity contribution in [3.8, 4) is 0 Å². The highest BCUT2D eigenvalue weighted by molar-refractivity contribution is 5.54. The number of hydrogen-bond donors (Lipinski definition) is 1. The molecule has 106 valence electrons. The van der Waals surface area contributed by atoms with Gasteiger partial charge in [0, 0.05) is 32.0 Å². The fraction of sp³-hybridized carbons (Fsp3) is 0.333. The van der Waals surface area contributed by atoms with Gasteiger partial charge in [-0.05, 0) is 55.7 Å². The lowest BCUT2D eigenvalue weighted by molar-refractivity contribution is 0.870. The molecule has 0 amide bonds. The number of anilines is 2. The predicted octanol–water partition coefficient (Wildman–Crippen LogP) is 4.02. The van der Waals surface area contributed by atoms with Gasteiger partial charge in [0.05, 0.1) is 0 Å². The number of benzene rings is 2. The molecule has 0 aliphatic heterocycles. The fourth-order valence-corrected chi connectivity index (χ4v) is 2.37. The van der Waals surface area contributed by atoms with Crippen LogP contribution in [0, 0.1) is 13.8 Å². The Hall–Kier alpha value is -1.96. The Morgan fingerprint density at radius 2 is 1.70 bits per heavy atom. The fourth-order valence-electron chi connectivity index (χ4n) is 2.37. The third-order valence-corrected chi connectivity index (χ3v) is 3.82. The number of nitrogens with zero attached hydrogens (tertiary/aromatic N) is 1. The summed E-state index contributed by atoms with van der Waals surface area (Å²) in [5.74, 6) is 0. The number of nitrogens with one attached hydrogen (secondary N) is 1. The highest BCUT2D eigenvalue weighted by atomic mass is 15.1. The highest BCUT2D eigenvalue weighted by Crippen LogP contribution is 2.18. The van der Waals surface area contributed by atoms with E-state index in [0.717, 1.165) is 18.7 Å². The van der Waals surface area contributed by atoms with Crippen LogP contribution in [0.1, 0.15) is 16.7 Å². The zero-order chi connectivity index (χ0) is 14.5. The van der Waals surface area contributed by atoms with Crippen LogP contribution in [0.2, 0.25) is 0 Å². The second-order valence-electron chi connectivity index (χ2n) is 5.40. The first kappa shape index (κ1) is 14.4. The summed E-state index contributed by atoms with van der Waals surface area (Å²) in [5, 5.41) is 3.15. The van der Waals surface area contributed by atoms with Gasteiger partial charge in [0.2, 0.25) is 0 Å². The molecule has 0 bridgehead atoms. The Morgan fingerprint density at radius 3 is 2.35 bits per heavy atom. The maximum atomic E-state index is 3.15. The molecule has 0 aliphatic rings. The van der Waals surface area contributed by atoms with Crippen molar-refractivity contribution in [1.29, 1.82) is 0 Å². The van der Waals surface area contributed by atoms with Gasteiger partial charge in [0.15, 0.2) is 0 Å². The molecule has 1 N–H and O–H groups in total. The summed E-state index contributed by atoms with van der Waals surface area (Å²) in [6, 6.07) is 15.2. The summed E-state index contributed by atoms with van der Waals surface area (Å²) in [6.45, 7) is 5.38. The molecule has 2 nitrogen and oxygen atoms in total. The van der Waals surface area contributed by atoms with Crippen LogP contribution in [0.25, 0.3) is 0 Å². The molecule has 0 aliphatic carbocycles. The number of likely N-dealkylation sites (N-methyl/N-ethyl adjacent to an activating group) is 1. The van der Waals surface area contributed by atoms with E-state index in [0.29, 0.717) is 0 Å². The van der Waals surface area contributed by atoms with Gasteiger partial charge in [-0.1, -0.05) is 23.8 Å². The zero-order valence-electron chi connectivity index (χ0n) is 12.9. The molecule has 0 unspecified atom stereocenters. The van der Waals surface area contributed by atoms with Crippen molar-refractivity contribution in [2.45, 2.75) is 20.3 Å². The largest absolute Gasteiger partial charge is 0.388 e. The van der Waals surface area contributed by atoms with Gasteiger partial charge in [0.25, 0.3) is 0 Å². The number of hydrogen-bond acceptors (Lipinski definition) is 2. The Morgan fingerprint density at radius 1 is 1.00 bits per heavy atom. The molecular formula is C18H24N2. The van der Waals surface area contributed by atoms with Gasteiger partial charge in [-0.25, -0.2) is 0 Å². The van der Waals surface area contributed by atoms with Crippen LogP contribution in [0.5, 0.6) is 0 Å². The molecule has 2 aromatic carbocycles. The SMILES string of the molecule is CNc1ccc(N(C)CCc2cc(C)ccc2C)cc1. The van der Waals surface area contributed by atoms with Crippen LogP contribution in [0.3, 0.4) is 0 Å². The minimum atomic E-state index is 1.03. The summed E-state index contributed by atoms with van der Waals surface area (Å²) < 4.78 is 0. The maximum Gasteiger partial charge on any atom is 0.0365 e. The van der Waals surface area contributed by atoms with E-state index in [1.165, 1.54) is 22.4 Å². The summed E-state index contributed by atoms with van der Waals surface area (Å²) in [6.07, 6.45) is 1.08. The van der Waals surface area contributed by atoms with E-state index in [4.69, 9.17) is 0 Å². The van der Waals surface area contributed by atoms with Crippen LogP contribution >= 0.6 is 0 Å². The molecule has 0 heterocycles. The molecule has 0 aromatic heterocycles. The van der Waals surface area contributed by atoms with E-state index in [2.05, 4.69) is 73.6 Å². The average molecular weight is 268 g/mol. The molecule has 0 spiro atoms. The molecule has 2 aromatic rings. The third kappa shape index (κ3) is 3.53. The first-order chi connectivity index (χ1) is 9.60. The second-order valence-corrected chi connectivity index (χ2v) is 5.40. The summed E-state index contributed by atoms with van der Waals surface area (Å²) in [4.78, 5) is 2.31. The van der Waals surface area contributed by atoms with Crippen LogP contribution in [-0.2, 0) is 6.42 Å². The van der Waals surface area contributed by atoms with Gasteiger partial charge in [0.1, 0.15) is 0 Å². The quantitative estimate of drug-likeness (QED) is 0.881. The van der Waals surface area contributed by atoms with Crippen molar-refractivity contribution in [2.75, 3.05) is 30.9 Å². The Balaban J connectivity index is 2.00. The van der Waals surface area contributed by atoms with E-state index < -0.39 is 0 Å². The summed E-state index contributed by atoms with van der Waals surface area (Å²) in [5.41, 5.74) is 6.58. The van der Waals surface area contributed by atoms with Gasteiger partial charge in [-0.2, -0.15) is 0 Å². The molecule has 0 saturated carbocycles. The molecule has 20 heavy (non-hydrogen) atoms. The minimum Gasteiger partial charge on any atom is -0.388 e. The maximum absolute atomic E-state index is 3.15. The average Bonchev–Trinajstić information content (AvgIpc) is 2.48. The summed E-state index contributed by atoms with van der Waals surface area (Å²) >= 11 is 0. The molecule has 0 fully saturated rings. The Kier molecular flexibility index (Phi) is 4.67. The van der Waals surface area contributed by atoms with Crippen LogP contribution in [0.4, 0.5) is 11.4 Å². The van der Waals surface area contributed by atoms with Gasteiger partial charge >= 0.3 is 0 Å². The first-order valence-corrected chi connectivity index (χ1v) is 7.15. The molecule has 0 radical (unpaired) electrons. The van der Waals surface area contributed by atoms with Crippen LogP contribution < -0.4 is 10.2 Å². The Bertz CT molecular complexity index is 558. The van der Waals surface area contributed by atoms with Crippen molar-refractivity contribution in [1.82, 2.24) is 0 Å². The lowest BCUT2D eigenvalue weighted by atomic mass is 10.0. The zero-order valence-corrected chi connectivity index (χ0v) is 12.9. The van der Waals surface area contributed by atoms with E-state index in [9.17, 15) is 0 Å². The molecule has 0 saturated heterocycles. The monoisotopic (exact) mass is 268 g/mol. The number of rotatable bonds is 5. The molecule has 0 atom stereocenters. The second kappa shape index (κ2) is 6.47. The summed E-state index contributed by atoms with van der Waals surface area (Å²) in [7, 11) is 4.10.